The molecule has 0 radical (unpaired) electrons. The van der Waals surface area contributed by atoms with Gasteiger partial charge in [-0.15, -0.1) is 0 Å². The normalized spacial score (nSPS) is 10.2. The lowest BCUT2D eigenvalue weighted by molar-refractivity contribution is 0.102. The molecule has 0 bridgehead atoms. The average Bonchev–Trinajstić information content (AvgIpc) is 2.32. The lowest BCUT2D eigenvalue weighted by atomic mass is 10.2. The molecule has 2 aromatic carbocycles. The van der Waals surface area contributed by atoms with Crippen molar-refractivity contribution in [3.8, 4) is 0 Å². The zero-order valence-corrected chi connectivity index (χ0v) is 12.8. The van der Waals surface area contributed by atoms with Crippen LogP contribution in [0, 0.1) is 3.57 Å². The molecule has 2 rings (SSSR count). The summed E-state index contributed by atoms with van der Waals surface area (Å²) in [6, 6.07) is 12.3. The summed E-state index contributed by atoms with van der Waals surface area (Å²) >= 11 is 13.9. The molecule has 0 saturated heterocycles. The number of hydrogen-bond acceptors (Lipinski definition) is 1. The molecule has 5 heteroatoms. The van der Waals surface area contributed by atoms with E-state index < -0.39 is 0 Å². The van der Waals surface area contributed by atoms with E-state index in [1.54, 1.807) is 30.3 Å². The number of rotatable bonds is 2. The summed E-state index contributed by atoms with van der Waals surface area (Å²) in [5, 5.41) is 3.70. The van der Waals surface area contributed by atoms with Crippen molar-refractivity contribution < 1.29 is 4.79 Å². The van der Waals surface area contributed by atoms with Gasteiger partial charge >= 0.3 is 0 Å². The molecule has 0 unspecified atom stereocenters. The molecular formula is C13H8Cl2INO. The average molecular weight is 392 g/mol. The van der Waals surface area contributed by atoms with Gasteiger partial charge in [-0.1, -0.05) is 29.3 Å². The van der Waals surface area contributed by atoms with E-state index in [4.69, 9.17) is 23.2 Å². The van der Waals surface area contributed by atoms with E-state index in [0.717, 1.165) is 3.57 Å². The first-order valence-corrected chi connectivity index (χ1v) is 6.92. The van der Waals surface area contributed by atoms with Crippen LogP contribution in [-0.4, -0.2) is 5.91 Å². The lowest BCUT2D eigenvalue weighted by Crippen LogP contribution is -2.12. The van der Waals surface area contributed by atoms with Crippen molar-refractivity contribution >= 4 is 57.4 Å². The highest BCUT2D eigenvalue weighted by Crippen LogP contribution is 2.25. The number of benzene rings is 2. The number of carbonyl (C=O) groups excluding carboxylic acids is 1. The second-order valence-electron chi connectivity index (χ2n) is 3.59. The molecule has 92 valence electrons. The van der Waals surface area contributed by atoms with Crippen LogP contribution in [0.3, 0.4) is 0 Å². The van der Waals surface area contributed by atoms with Crippen LogP contribution >= 0.6 is 45.8 Å². The van der Waals surface area contributed by atoms with Crippen molar-refractivity contribution in [2.75, 3.05) is 5.32 Å². The molecule has 18 heavy (non-hydrogen) atoms. The molecule has 0 saturated carbocycles. The molecule has 0 aliphatic heterocycles. The third-order valence-electron chi connectivity index (χ3n) is 2.27. The Hall–Kier alpha value is -0.780. The van der Waals surface area contributed by atoms with E-state index in [9.17, 15) is 4.79 Å². The van der Waals surface area contributed by atoms with Crippen molar-refractivity contribution in [3.63, 3.8) is 0 Å². The van der Waals surface area contributed by atoms with Gasteiger partial charge in [0.1, 0.15) is 0 Å². The fourth-order valence-electron chi connectivity index (χ4n) is 1.42. The highest BCUT2D eigenvalue weighted by atomic mass is 127. The highest BCUT2D eigenvalue weighted by Gasteiger charge is 2.08. The van der Waals surface area contributed by atoms with Crippen LogP contribution in [0.25, 0.3) is 0 Å². The molecule has 0 atom stereocenters. The van der Waals surface area contributed by atoms with Crippen LogP contribution in [0.15, 0.2) is 42.5 Å². The third-order valence-corrected chi connectivity index (χ3v) is 3.48. The number of hydrogen-bond donors (Lipinski definition) is 1. The zero-order valence-electron chi connectivity index (χ0n) is 9.08. The smallest absolute Gasteiger partial charge is 0.255 e. The zero-order chi connectivity index (χ0) is 13.1. The quantitative estimate of drug-likeness (QED) is 0.728. The lowest BCUT2D eigenvalue weighted by Gasteiger charge is -2.07. The van der Waals surface area contributed by atoms with Gasteiger partial charge in [0.25, 0.3) is 5.91 Å². The monoisotopic (exact) mass is 391 g/mol. The molecule has 2 nitrogen and oxygen atoms in total. The summed E-state index contributed by atoms with van der Waals surface area (Å²) < 4.78 is 1.00. The maximum atomic E-state index is 12.0. The maximum Gasteiger partial charge on any atom is 0.255 e. The summed E-state index contributed by atoms with van der Waals surface area (Å²) in [5.41, 5.74) is 1.14. The summed E-state index contributed by atoms with van der Waals surface area (Å²) in [6.45, 7) is 0. The van der Waals surface area contributed by atoms with Gasteiger partial charge in [-0.05, 0) is 59.0 Å². The van der Waals surface area contributed by atoms with Crippen LogP contribution in [0.1, 0.15) is 10.4 Å². The van der Waals surface area contributed by atoms with Gasteiger partial charge in [0.05, 0.1) is 10.7 Å². The van der Waals surface area contributed by atoms with Gasteiger partial charge < -0.3 is 5.32 Å². The van der Waals surface area contributed by atoms with E-state index in [1.165, 1.54) is 0 Å². The van der Waals surface area contributed by atoms with Crippen molar-refractivity contribution in [2.45, 2.75) is 0 Å². The van der Waals surface area contributed by atoms with Crippen LogP contribution in [0.4, 0.5) is 5.69 Å². The van der Waals surface area contributed by atoms with Gasteiger partial charge in [0, 0.05) is 14.2 Å². The Morgan fingerprint density at radius 1 is 1.11 bits per heavy atom. The van der Waals surface area contributed by atoms with E-state index in [1.807, 2.05) is 12.1 Å². The van der Waals surface area contributed by atoms with Gasteiger partial charge in [0.2, 0.25) is 0 Å². The fourth-order valence-corrected chi connectivity index (χ4v) is 2.41. The van der Waals surface area contributed by atoms with Crippen molar-refractivity contribution in [1.29, 1.82) is 0 Å². The van der Waals surface area contributed by atoms with E-state index in [0.29, 0.717) is 21.3 Å². The van der Waals surface area contributed by atoms with Crippen molar-refractivity contribution in [1.82, 2.24) is 0 Å². The minimum Gasteiger partial charge on any atom is -0.321 e. The molecule has 0 aliphatic rings. The highest BCUT2D eigenvalue weighted by molar-refractivity contribution is 14.1. The second kappa shape index (κ2) is 5.91. The van der Waals surface area contributed by atoms with E-state index in [2.05, 4.69) is 27.9 Å². The second-order valence-corrected chi connectivity index (χ2v) is 5.68. The Labute approximate surface area is 128 Å². The Morgan fingerprint density at radius 3 is 2.56 bits per heavy atom. The Balaban J connectivity index is 2.21. The summed E-state index contributed by atoms with van der Waals surface area (Å²) in [4.78, 5) is 12.0. The molecular weight excluding hydrogens is 384 g/mol. The van der Waals surface area contributed by atoms with Crippen LogP contribution < -0.4 is 5.32 Å². The van der Waals surface area contributed by atoms with Gasteiger partial charge in [0.15, 0.2) is 0 Å². The molecule has 0 aliphatic carbocycles. The Bertz CT molecular complexity index is 601. The molecule has 0 aromatic heterocycles. The van der Waals surface area contributed by atoms with Gasteiger partial charge in [-0.25, -0.2) is 0 Å². The van der Waals surface area contributed by atoms with Crippen molar-refractivity contribution in [3.05, 3.63) is 61.6 Å². The molecule has 1 amide bonds. The van der Waals surface area contributed by atoms with Crippen LogP contribution in [0.2, 0.25) is 10.0 Å². The molecule has 0 spiro atoms. The Morgan fingerprint density at radius 2 is 1.89 bits per heavy atom. The van der Waals surface area contributed by atoms with Crippen molar-refractivity contribution in [2.24, 2.45) is 0 Å². The van der Waals surface area contributed by atoms with Crippen LogP contribution in [-0.2, 0) is 0 Å². The maximum absolute atomic E-state index is 12.0. The van der Waals surface area contributed by atoms with Crippen LogP contribution in [0.5, 0.6) is 0 Å². The van der Waals surface area contributed by atoms with Gasteiger partial charge in [-0.2, -0.15) is 0 Å². The summed E-state index contributed by atoms with van der Waals surface area (Å²) in [6.07, 6.45) is 0. The number of amides is 1. The number of anilines is 1. The summed E-state index contributed by atoms with van der Waals surface area (Å²) in [7, 11) is 0. The third kappa shape index (κ3) is 3.37. The SMILES string of the molecule is O=C(Nc1ccc(Cl)cc1Cl)c1cccc(I)c1. The first kappa shape index (κ1) is 13.6. The Kier molecular flexibility index (Phi) is 4.48. The predicted octanol–water partition coefficient (Wildman–Crippen LogP) is 4.85. The number of halogens is 3. The number of carbonyl (C=O) groups is 1. The predicted molar refractivity (Wildman–Crippen MR) is 83.6 cm³/mol. The topological polar surface area (TPSA) is 29.1 Å². The first-order valence-electron chi connectivity index (χ1n) is 5.08. The molecule has 1 N–H and O–H groups in total. The minimum atomic E-state index is -0.197. The number of nitrogens with one attached hydrogen (secondary N) is 1. The standard InChI is InChI=1S/C13H8Cl2INO/c14-9-4-5-12(11(15)7-9)17-13(18)8-2-1-3-10(16)6-8/h1-7H,(H,17,18). The van der Waals surface area contributed by atoms with E-state index in [-0.39, 0.29) is 5.91 Å². The first-order chi connectivity index (χ1) is 8.56. The fraction of sp³-hybridized carbons (Fsp3) is 0. The minimum absolute atomic E-state index is 0.197. The molecule has 2 aromatic rings. The van der Waals surface area contributed by atoms with Gasteiger partial charge in [-0.3, -0.25) is 4.79 Å². The summed E-state index contributed by atoms with van der Waals surface area (Å²) in [5.74, 6) is -0.197. The molecule has 0 fully saturated rings. The molecule has 0 heterocycles. The van der Waals surface area contributed by atoms with E-state index >= 15 is 0 Å². The largest absolute Gasteiger partial charge is 0.321 e.